The van der Waals surface area contributed by atoms with Crippen molar-refractivity contribution in [3.05, 3.63) is 21.7 Å². The molecule has 16 heavy (non-hydrogen) atoms. The van der Waals surface area contributed by atoms with Crippen molar-refractivity contribution in [1.29, 1.82) is 0 Å². The van der Waals surface area contributed by atoms with E-state index in [1.165, 1.54) is 12.8 Å². The fraction of sp³-hybridized carbons (Fsp3) is 0.455. The Kier molecular flexibility index (Phi) is 3.36. The summed E-state index contributed by atoms with van der Waals surface area (Å²) in [5, 5.41) is 9.70. The molecule has 5 heteroatoms. The fourth-order valence-corrected chi connectivity index (χ4v) is 2.55. The van der Waals surface area contributed by atoms with Gasteiger partial charge in [0.25, 0.3) is 0 Å². The van der Waals surface area contributed by atoms with Crippen molar-refractivity contribution in [3.8, 4) is 0 Å². The Labute approximate surface area is 97.6 Å². The first-order valence-electron chi connectivity index (χ1n) is 5.10. The lowest BCUT2D eigenvalue weighted by molar-refractivity contribution is -0.131. The summed E-state index contributed by atoms with van der Waals surface area (Å²) < 4.78 is 5.05. The number of nitrogens with zero attached hydrogens (tertiary/aromatic N) is 1. The lowest BCUT2D eigenvalue weighted by Crippen LogP contribution is -1.91. The van der Waals surface area contributed by atoms with Gasteiger partial charge in [0.2, 0.25) is 0 Å². The number of hydrogen-bond acceptors (Lipinski definition) is 4. The van der Waals surface area contributed by atoms with Crippen LogP contribution in [0.5, 0.6) is 0 Å². The minimum Gasteiger partial charge on any atom is -0.478 e. The van der Waals surface area contributed by atoms with Gasteiger partial charge in [0, 0.05) is 19.1 Å². The number of aromatic nitrogens is 1. The zero-order chi connectivity index (χ0) is 11.5. The average Bonchev–Trinajstić information content (AvgIpc) is 3.00. The van der Waals surface area contributed by atoms with E-state index in [-0.39, 0.29) is 0 Å². The highest BCUT2D eigenvalue weighted by molar-refractivity contribution is 7.12. The summed E-state index contributed by atoms with van der Waals surface area (Å²) in [7, 11) is 1.61. The maximum absolute atomic E-state index is 10.5. The molecule has 1 N–H and O–H groups in total. The molecule has 1 aromatic heterocycles. The van der Waals surface area contributed by atoms with E-state index in [0.717, 1.165) is 21.7 Å². The molecule has 0 bridgehead atoms. The standard InChI is InChI=1S/C11H13NO3S/c1-15-6-8-9(4-5-10(13)14)16-11(12-8)7-2-3-7/h4-5,7H,2-3,6H2,1H3,(H,13,14)/b5-4+. The van der Waals surface area contributed by atoms with Crippen molar-refractivity contribution >= 4 is 23.4 Å². The number of carboxylic acid groups (broad SMARTS) is 1. The van der Waals surface area contributed by atoms with Gasteiger partial charge in [-0.1, -0.05) is 0 Å². The smallest absolute Gasteiger partial charge is 0.328 e. The van der Waals surface area contributed by atoms with Crippen LogP contribution in [0, 0.1) is 0 Å². The van der Waals surface area contributed by atoms with Crippen LogP contribution in [0.3, 0.4) is 0 Å². The van der Waals surface area contributed by atoms with Crippen LogP contribution < -0.4 is 0 Å². The molecular weight excluding hydrogens is 226 g/mol. The molecule has 86 valence electrons. The summed E-state index contributed by atoms with van der Waals surface area (Å²) in [5.74, 6) is -0.350. The van der Waals surface area contributed by atoms with E-state index in [1.807, 2.05) is 0 Å². The molecule has 1 aromatic rings. The van der Waals surface area contributed by atoms with E-state index in [0.29, 0.717) is 12.5 Å². The quantitative estimate of drug-likeness (QED) is 0.801. The zero-order valence-corrected chi connectivity index (χ0v) is 9.79. The Hall–Kier alpha value is -1.20. The molecular formula is C11H13NO3S. The number of hydrogen-bond donors (Lipinski definition) is 1. The molecule has 0 amide bonds. The second-order valence-corrected chi connectivity index (χ2v) is 4.80. The molecule has 1 aliphatic rings. The molecule has 0 aliphatic heterocycles. The lowest BCUT2D eigenvalue weighted by atomic mass is 10.3. The number of methoxy groups -OCH3 is 1. The van der Waals surface area contributed by atoms with E-state index in [9.17, 15) is 4.79 Å². The molecule has 0 saturated heterocycles. The fourth-order valence-electron chi connectivity index (χ4n) is 1.40. The minimum atomic E-state index is -0.940. The average molecular weight is 239 g/mol. The van der Waals surface area contributed by atoms with Crippen molar-refractivity contribution in [2.24, 2.45) is 0 Å². The highest BCUT2D eigenvalue weighted by Gasteiger charge is 2.27. The van der Waals surface area contributed by atoms with Crippen LogP contribution in [0.2, 0.25) is 0 Å². The zero-order valence-electron chi connectivity index (χ0n) is 8.97. The van der Waals surface area contributed by atoms with Crippen LogP contribution in [-0.2, 0) is 16.1 Å². The SMILES string of the molecule is COCc1nc(C2CC2)sc1/C=C/C(=O)O. The van der Waals surface area contributed by atoms with Crippen molar-refractivity contribution in [2.45, 2.75) is 25.4 Å². The second-order valence-electron chi connectivity index (χ2n) is 3.74. The third-order valence-corrected chi connectivity index (χ3v) is 3.55. The molecule has 0 unspecified atom stereocenters. The maximum Gasteiger partial charge on any atom is 0.328 e. The summed E-state index contributed by atoms with van der Waals surface area (Å²) in [6.07, 6.45) is 5.13. The van der Waals surface area contributed by atoms with Crippen LogP contribution in [0.25, 0.3) is 6.08 Å². The number of carbonyl (C=O) groups is 1. The van der Waals surface area contributed by atoms with Crippen molar-refractivity contribution < 1.29 is 14.6 Å². The predicted molar refractivity (Wildman–Crippen MR) is 61.5 cm³/mol. The van der Waals surface area contributed by atoms with Gasteiger partial charge in [0.05, 0.1) is 22.2 Å². The second kappa shape index (κ2) is 4.76. The molecule has 2 rings (SSSR count). The number of rotatable bonds is 5. The first-order valence-corrected chi connectivity index (χ1v) is 5.92. The number of ether oxygens (including phenoxy) is 1. The van der Waals surface area contributed by atoms with Crippen LogP contribution >= 0.6 is 11.3 Å². The summed E-state index contributed by atoms with van der Waals surface area (Å²) in [6.45, 7) is 0.433. The molecule has 0 radical (unpaired) electrons. The van der Waals surface area contributed by atoms with E-state index in [1.54, 1.807) is 24.5 Å². The van der Waals surface area contributed by atoms with Crippen LogP contribution in [0.1, 0.15) is 34.3 Å². The molecule has 1 aliphatic carbocycles. The van der Waals surface area contributed by atoms with Gasteiger partial charge in [-0.05, 0) is 18.9 Å². The normalized spacial score (nSPS) is 15.8. The van der Waals surface area contributed by atoms with Gasteiger partial charge in [-0.3, -0.25) is 0 Å². The molecule has 1 fully saturated rings. The van der Waals surface area contributed by atoms with Gasteiger partial charge >= 0.3 is 5.97 Å². The predicted octanol–water partition coefficient (Wildman–Crippen LogP) is 2.26. The molecule has 0 aromatic carbocycles. The summed E-state index contributed by atoms with van der Waals surface area (Å²) >= 11 is 1.57. The first kappa shape index (κ1) is 11.3. The third kappa shape index (κ3) is 2.68. The van der Waals surface area contributed by atoms with Crippen molar-refractivity contribution in [2.75, 3.05) is 7.11 Å². The van der Waals surface area contributed by atoms with Gasteiger partial charge < -0.3 is 9.84 Å². The first-order chi connectivity index (χ1) is 7.70. The summed E-state index contributed by atoms with van der Waals surface area (Å²) in [5.41, 5.74) is 0.840. The van der Waals surface area contributed by atoms with Gasteiger partial charge in [-0.2, -0.15) is 0 Å². The monoisotopic (exact) mass is 239 g/mol. The Morgan fingerprint density at radius 1 is 1.69 bits per heavy atom. The number of aliphatic carboxylic acids is 1. The molecule has 1 heterocycles. The van der Waals surface area contributed by atoms with Crippen LogP contribution in [0.15, 0.2) is 6.08 Å². The van der Waals surface area contributed by atoms with E-state index in [4.69, 9.17) is 9.84 Å². The van der Waals surface area contributed by atoms with Gasteiger partial charge in [-0.15, -0.1) is 11.3 Å². The molecule has 0 spiro atoms. The van der Waals surface area contributed by atoms with Crippen LogP contribution in [-0.4, -0.2) is 23.2 Å². The molecule has 1 saturated carbocycles. The van der Waals surface area contributed by atoms with E-state index < -0.39 is 5.97 Å². The Morgan fingerprint density at radius 3 is 3.00 bits per heavy atom. The largest absolute Gasteiger partial charge is 0.478 e. The Morgan fingerprint density at radius 2 is 2.44 bits per heavy atom. The summed E-state index contributed by atoms with van der Waals surface area (Å²) in [6, 6.07) is 0. The van der Waals surface area contributed by atoms with E-state index >= 15 is 0 Å². The highest BCUT2D eigenvalue weighted by atomic mass is 32.1. The van der Waals surface area contributed by atoms with Crippen molar-refractivity contribution in [3.63, 3.8) is 0 Å². The van der Waals surface area contributed by atoms with Gasteiger partial charge in [0.1, 0.15) is 0 Å². The summed E-state index contributed by atoms with van der Waals surface area (Å²) in [4.78, 5) is 15.8. The molecule has 4 nitrogen and oxygen atoms in total. The molecule has 0 atom stereocenters. The Balaban J connectivity index is 2.22. The topological polar surface area (TPSA) is 59.4 Å². The third-order valence-electron chi connectivity index (χ3n) is 2.33. The van der Waals surface area contributed by atoms with Crippen LogP contribution in [0.4, 0.5) is 0 Å². The van der Waals surface area contributed by atoms with Gasteiger partial charge in [-0.25, -0.2) is 9.78 Å². The number of carboxylic acids is 1. The van der Waals surface area contributed by atoms with Gasteiger partial charge in [0.15, 0.2) is 0 Å². The van der Waals surface area contributed by atoms with E-state index in [2.05, 4.69) is 4.98 Å². The minimum absolute atomic E-state index is 0.433. The maximum atomic E-state index is 10.5. The highest BCUT2D eigenvalue weighted by Crippen LogP contribution is 2.42. The Bertz CT molecular complexity index is 421. The van der Waals surface area contributed by atoms with Crippen molar-refractivity contribution in [1.82, 2.24) is 4.98 Å². The lowest BCUT2D eigenvalue weighted by Gasteiger charge is -1.94. The number of thiazole rings is 1.